The highest BCUT2D eigenvalue weighted by molar-refractivity contribution is 7.83. The Morgan fingerprint density at radius 1 is 0.976 bits per heavy atom. The van der Waals surface area contributed by atoms with Gasteiger partial charge in [-0.2, -0.15) is 0 Å². The quantitative estimate of drug-likeness (QED) is 0.225. The van der Waals surface area contributed by atoms with Gasteiger partial charge in [0.2, 0.25) is 0 Å². The van der Waals surface area contributed by atoms with Gasteiger partial charge in [0.25, 0.3) is 11.5 Å². The van der Waals surface area contributed by atoms with Crippen LogP contribution in [0.1, 0.15) is 27.2 Å². The van der Waals surface area contributed by atoms with Crippen LogP contribution in [0.5, 0.6) is 0 Å². The van der Waals surface area contributed by atoms with E-state index < -0.39 is 16.9 Å². The molecule has 41 heavy (non-hydrogen) atoms. The molecule has 0 aliphatic heterocycles. The van der Waals surface area contributed by atoms with Gasteiger partial charge in [0.1, 0.15) is 10.8 Å². The molecule has 7 nitrogen and oxygen atoms in total. The van der Waals surface area contributed by atoms with Crippen LogP contribution in [0.15, 0.2) is 101 Å². The van der Waals surface area contributed by atoms with E-state index in [0.29, 0.717) is 26.7 Å². The minimum atomic E-state index is -1.83. The van der Waals surface area contributed by atoms with Crippen molar-refractivity contribution >= 4 is 50.3 Å². The second-order valence-corrected chi connectivity index (χ2v) is 11.5. The molecular weight excluding hydrogens is 556 g/mol. The maximum Gasteiger partial charge on any atom is 0.280 e. The number of hydrogen-bond acceptors (Lipinski definition) is 4. The average molecular weight is 581 g/mol. The SMILES string of the molecule is Cc1ccc([S@](=O)NC(=O)c2c(-c3ccc[nH]c3=O)c3cc(C)ccc3n2Cc2cc3ccccc3nc2Cl)cc1. The van der Waals surface area contributed by atoms with Gasteiger partial charge in [-0.1, -0.05) is 59.1 Å². The number of halogens is 1. The third-order valence-corrected chi connectivity index (χ3v) is 8.42. The number of fused-ring (bicyclic) bond motifs is 2. The lowest BCUT2D eigenvalue weighted by Crippen LogP contribution is -2.29. The number of aromatic amines is 1. The maximum atomic E-state index is 14.1. The summed E-state index contributed by atoms with van der Waals surface area (Å²) in [4.78, 5) is 34.9. The fraction of sp³-hybridized carbons (Fsp3) is 0.0938. The van der Waals surface area contributed by atoms with Crippen LogP contribution in [-0.4, -0.2) is 24.7 Å². The molecule has 0 bridgehead atoms. The number of nitrogens with zero attached hydrogens (tertiary/aromatic N) is 2. The Hall–Kier alpha value is -4.53. The lowest BCUT2D eigenvalue weighted by Gasteiger charge is -2.14. The number of aryl methyl sites for hydroxylation is 2. The molecule has 1 atom stereocenters. The van der Waals surface area contributed by atoms with E-state index in [2.05, 4.69) is 14.7 Å². The van der Waals surface area contributed by atoms with Crippen molar-refractivity contribution in [2.75, 3.05) is 0 Å². The van der Waals surface area contributed by atoms with Crippen molar-refractivity contribution < 1.29 is 9.00 Å². The van der Waals surface area contributed by atoms with Gasteiger partial charge in [0, 0.05) is 39.2 Å². The predicted molar refractivity (Wildman–Crippen MR) is 164 cm³/mol. The Kier molecular flexibility index (Phi) is 7.03. The number of benzene rings is 3. The van der Waals surface area contributed by atoms with Crippen molar-refractivity contribution in [3.63, 3.8) is 0 Å². The molecule has 3 aromatic carbocycles. The Labute approximate surface area is 243 Å². The molecule has 6 aromatic rings. The third kappa shape index (κ3) is 5.08. The molecule has 0 saturated heterocycles. The van der Waals surface area contributed by atoms with Crippen LogP contribution in [0, 0.1) is 13.8 Å². The van der Waals surface area contributed by atoms with Gasteiger partial charge >= 0.3 is 0 Å². The zero-order valence-corrected chi connectivity index (χ0v) is 23.8. The van der Waals surface area contributed by atoms with Gasteiger partial charge in [-0.3, -0.25) is 14.3 Å². The van der Waals surface area contributed by atoms with Crippen LogP contribution in [0.3, 0.4) is 0 Å². The summed E-state index contributed by atoms with van der Waals surface area (Å²) in [6.45, 7) is 4.08. The average Bonchev–Trinajstić information content (AvgIpc) is 3.26. The molecule has 0 unspecified atom stereocenters. The van der Waals surface area contributed by atoms with E-state index in [1.165, 1.54) is 0 Å². The minimum Gasteiger partial charge on any atom is -0.331 e. The summed E-state index contributed by atoms with van der Waals surface area (Å²) in [5, 5.41) is 1.94. The second-order valence-electron chi connectivity index (χ2n) is 9.89. The molecule has 2 N–H and O–H groups in total. The topological polar surface area (TPSA) is 96.9 Å². The van der Waals surface area contributed by atoms with E-state index in [1.807, 2.05) is 79.1 Å². The van der Waals surface area contributed by atoms with Gasteiger partial charge in [-0.25, -0.2) is 9.19 Å². The highest BCUT2D eigenvalue weighted by Crippen LogP contribution is 2.36. The van der Waals surface area contributed by atoms with Gasteiger partial charge in [-0.15, -0.1) is 0 Å². The molecule has 3 aromatic heterocycles. The van der Waals surface area contributed by atoms with Gasteiger partial charge in [0.05, 0.1) is 17.0 Å². The predicted octanol–water partition coefficient (Wildman–Crippen LogP) is 6.32. The van der Waals surface area contributed by atoms with E-state index in [4.69, 9.17) is 11.6 Å². The number of carbonyl (C=O) groups is 1. The van der Waals surface area contributed by atoms with Crippen molar-refractivity contribution in [2.45, 2.75) is 25.3 Å². The van der Waals surface area contributed by atoms with Crippen LogP contribution in [0.25, 0.3) is 32.9 Å². The molecule has 0 fully saturated rings. The number of H-pyrrole nitrogens is 1. The second kappa shape index (κ2) is 10.8. The molecule has 0 radical (unpaired) electrons. The molecule has 0 spiro atoms. The zero-order valence-electron chi connectivity index (χ0n) is 22.3. The third-order valence-electron chi connectivity index (χ3n) is 7.02. The Balaban J connectivity index is 1.57. The molecule has 0 aliphatic rings. The number of para-hydroxylation sites is 1. The summed E-state index contributed by atoms with van der Waals surface area (Å²) < 4.78 is 17.7. The molecule has 9 heteroatoms. The summed E-state index contributed by atoms with van der Waals surface area (Å²) in [7, 11) is -1.83. The lowest BCUT2D eigenvalue weighted by atomic mass is 10.0. The monoisotopic (exact) mass is 580 g/mol. The highest BCUT2D eigenvalue weighted by Gasteiger charge is 2.27. The molecule has 204 valence electrons. The van der Waals surface area contributed by atoms with E-state index in [0.717, 1.165) is 32.9 Å². The van der Waals surface area contributed by atoms with Crippen molar-refractivity contribution in [1.82, 2.24) is 19.3 Å². The molecule has 6 rings (SSSR count). The number of rotatable bonds is 6. The number of carbonyl (C=O) groups excluding carboxylic acids is 1. The van der Waals surface area contributed by atoms with Crippen molar-refractivity contribution in [1.29, 1.82) is 0 Å². The maximum absolute atomic E-state index is 14.1. The molecule has 3 heterocycles. The molecule has 1 amide bonds. The number of amides is 1. The fourth-order valence-corrected chi connectivity index (χ4v) is 6.00. The Bertz CT molecular complexity index is 2050. The minimum absolute atomic E-state index is 0.195. The van der Waals surface area contributed by atoms with E-state index >= 15 is 0 Å². The smallest absolute Gasteiger partial charge is 0.280 e. The van der Waals surface area contributed by atoms with E-state index in [9.17, 15) is 13.8 Å². The largest absolute Gasteiger partial charge is 0.331 e. The lowest BCUT2D eigenvalue weighted by molar-refractivity contribution is 0.0975. The normalized spacial score (nSPS) is 12.1. The van der Waals surface area contributed by atoms with Crippen molar-refractivity contribution in [2.24, 2.45) is 0 Å². The number of pyridine rings is 2. The van der Waals surface area contributed by atoms with Gasteiger partial charge < -0.3 is 9.55 Å². The van der Waals surface area contributed by atoms with Gasteiger partial charge in [-0.05, 0) is 62.4 Å². The van der Waals surface area contributed by atoms with Crippen LogP contribution < -0.4 is 10.3 Å². The van der Waals surface area contributed by atoms with Crippen LogP contribution in [-0.2, 0) is 17.5 Å². The Morgan fingerprint density at radius 2 is 1.73 bits per heavy atom. The number of hydrogen-bond donors (Lipinski definition) is 2. The summed E-state index contributed by atoms with van der Waals surface area (Å²) >= 11 is 6.66. The molecule has 0 aliphatic carbocycles. The Morgan fingerprint density at radius 3 is 2.51 bits per heavy atom. The number of aromatic nitrogens is 3. The molecule has 0 saturated carbocycles. The molecular formula is C32H25ClN4O3S. The van der Waals surface area contributed by atoms with E-state index in [-0.39, 0.29) is 17.8 Å². The van der Waals surface area contributed by atoms with Crippen LogP contribution >= 0.6 is 11.6 Å². The van der Waals surface area contributed by atoms with Crippen LogP contribution in [0.2, 0.25) is 5.15 Å². The first-order chi connectivity index (χ1) is 19.8. The van der Waals surface area contributed by atoms with Crippen LogP contribution in [0.4, 0.5) is 0 Å². The van der Waals surface area contributed by atoms with Gasteiger partial charge in [0.15, 0.2) is 11.0 Å². The van der Waals surface area contributed by atoms with Crippen molar-refractivity contribution in [3.8, 4) is 11.1 Å². The highest BCUT2D eigenvalue weighted by atomic mass is 35.5. The van der Waals surface area contributed by atoms with E-state index in [1.54, 1.807) is 30.5 Å². The fourth-order valence-electron chi connectivity index (χ4n) is 5.03. The number of nitrogens with one attached hydrogen (secondary N) is 2. The first-order valence-electron chi connectivity index (χ1n) is 12.9. The summed E-state index contributed by atoms with van der Waals surface area (Å²) in [6.07, 6.45) is 1.54. The summed E-state index contributed by atoms with van der Waals surface area (Å²) in [5.41, 5.74) is 4.80. The summed E-state index contributed by atoms with van der Waals surface area (Å²) in [5.74, 6) is -0.583. The van der Waals surface area contributed by atoms with Crippen molar-refractivity contribution in [3.05, 3.63) is 129 Å². The summed E-state index contributed by atoms with van der Waals surface area (Å²) in [6, 6.07) is 25.9. The standard InChI is InChI=1S/C32H25ClN4O3S/c1-19-9-12-23(13-10-19)41(40)36-32(39)29-28(24-7-5-15-34-31(24)38)25-16-20(2)11-14-27(25)37(29)18-22-17-21-6-3-4-8-26(21)35-30(22)33/h3-17H,18H2,1-2H3,(H,34,38)(H,36,39)/t41-/m0/s1. The zero-order chi connectivity index (χ0) is 28.7. The first kappa shape index (κ1) is 26.7. The first-order valence-corrected chi connectivity index (χ1v) is 14.5.